The molecule has 2 aromatic rings. The molecule has 0 aliphatic heterocycles. The minimum Gasteiger partial charge on any atom is -0.327 e. The van der Waals surface area contributed by atoms with Gasteiger partial charge in [-0.25, -0.2) is 4.98 Å². The monoisotopic (exact) mass is 266 g/mol. The number of benzene rings is 1. The van der Waals surface area contributed by atoms with E-state index in [0.29, 0.717) is 5.92 Å². The van der Waals surface area contributed by atoms with Crippen molar-refractivity contribution in [1.29, 1.82) is 0 Å². The maximum Gasteiger partial charge on any atom is 0.151 e. The van der Waals surface area contributed by atoms with Gasteiger partial charge in [0.05, 0.1) is 10.2 Å². The van der Waals surface area contributed by atoms with Gasteiger partial charge >= 0.3 is 0 Å². The molecular weight excluding hydrogens is 248 g/mol. The van der Waals surface area contributed by atoms with Gasteiger partial charge in [0.2, 0.25) is 0 Å². The lowest BCUT2D eigenvalue weighted by Gasteiger charge is -2.16. The summed E-state index contributed by atoms with van der Waals surface area (Å²) in [5.41, 5.74) is 7.22. The Morgan fingerprint density at radius 1 is 1.41 bits per heavy atom. The second kappa shape index (κ2) is 5.85. The van der Waals surface area contributed by atoms with Gasteiger partial charge in [-0.3, -0.25) is 0 Å². The predicted octanol–water partition coefficient (Wildman–Crippen LogP) is 3.76. The summed E-state index contributed by atoms with van der Waals surface area (Å²) in [6, 6.07) is 8.52. The number of thioether (sulfide) groups is 1. The van der Waals surface area contributed by atoms with E-state index in [1.807, 2.05) is 6.07 Å². The molecule has 0 amide bonds. The smallest absolute Gasteiger partial charge is 0.151 e. The third-order valence-electron chi connectivity index (χ3n) is 3.05. The van der Waals surface area contributed by atoms with Crippen molar-refractivity contribution in [2.45, 2.75) is 30.6 Å². The molecule has 1 aromatic heterocycles. The number of rotatable bonds is 5. The summed E-state index contributed by atoms with van der Waals surface area (Å²) >= 11 is 3.54. The van der Waals surface area contributed by atoms with Gasteiger partial charge in [-0.15, -0.1) is 11.3 Å². The van der Waals surface area contributed by atoms with Crippen molar-refractivity contribution in [1.82, 2.24) is 4.98 Å². The van der Waals surface area contributed by atoms with Crippen LogP contribution in [0.2, 0.25) is 0 Å². The SMILES string of the molecule is CCC(C)C(N)CSc1nc2ccccc2s1. The van der Waals surface area contributed by atoms with Gasteiger partial charge in [0, 0.05) is 11.8 Å². The number of para-hydroxylation sites is 1. The van der Waals surface area contributed by atoms with E-state index in [0.717, 1.165) is 22.0 Å². The summed E-state index contributed by atoms with van der Waals surface area (Å²) in [5, 5.41) is 0. The fourth-order valence-electron chi connectivity index (χ4n) is 1.55. The summed E-state index contributed by atoms with van der Waals surface area (Å²) in [5.74, 6) is 1.53. The lowest BCUT2D eigenvalue weighted by atomic mass is 10.0. The van der Waals surface area contributed by atoms with Crippen molar-refractivity contribution in [3.8, 4) is 0 Å². The number of thiazole rings is 1. The Hall–Kier alpha value is -0.580. The van der Waals surface area contributed by atoms with Crippen LogP contribution in [0.4, 0.5) is 0 Å². The molecule has 1 aromatic carbocycles. The van der Waals surface area contributed by atoms with Gasteiger partial charge < -0.3 is 5.73 Å². The highest BCUT2D eigenvalue weighted by Gasteiger charge is 2.12. The van der Waals surface area contributed by atoms with Gasteiger partial charge in [-0.2, -0.15) is 0 Å². The Kier molecular flexibility index (Phi) is 4.42. The second-order valence-electron chi connectivity index (χ2n) is 4.31. The minimum atomic E-state index is 0.261. The fraction of sp³-hybridized carbons (Fsp3) is 0.462. The number of nitrogens with zero attached hydrogens (tertiary/aromatic N) is 1. The molecule has 1 heterocycles. The van der Waals surface area contributed by atoms with E-state index in [1.165, 1.54) is 4.70 Å². The summed E-state index contributed by atoms with van der Waals surface area (Å²) in [4.78, 5) is 4.60. The standard InChI is InChI=1S/C13H18N2S2/c1-3-9(2)10(14)8-16-13-15-11-6-4-5-7-12(11)17-13/h4-7,9-10H,3,8,14H2,1-2H3. The zero-order valence-corrected chi connectivity index (χ0v) is 11.9. The normalized spacial score (nSPS) is 15.0. The second-order valence-corrected chi connectivity index (χ2v) is 6.61. The first-order chi connectivity index (χ1) is 8.20. The number of nitrogens with two attached hydrogens (primary N) is 1. The number of hydrogen-bond donors (Lipinski definition) is 1. The Balaban J connectivity index is 1.99. The van der Waals surface area contributed by atoms with E-state index in [-0.39, 0.29) is 6.04 Å². The molecule has 0 aliphatic carbocycles. The molecule has 17 heavy (non-hydrogen) atoms. The molecule has 2 rings (SSSR count). The third-order valence-corrected chi connectivity index (χ3v) is 5.37. The van der Waals surface area contributed by atoms with Crippen LogP contribution in [0, 0.1) is 5.92 Å². The lowest BCUT2D eigenvalue weighted by molar-refractivity contribution is 0.475. The molecule has 0 saturated heterocycles. The Morgan fingerprint density at radius 2 is 2.18 bits per heavy atom. The van der Waals surface area contributed by atoms with E-state index < -0.39 is 0 Å². The number of fused-ring (bicyclic) bond motifs is 1. The maximum atomic E-state index is 6.13. The topological polar surface area (TPSA) is 38.9 Å². The Labute approximate surface area is 111 Å². The molecule has 0 fully saturated rings. The van der Waals surface area contributed by atoms with Crippen LogP contribution < -0.4 is 5.73 Å². The Bertz CT molecular complexity index is 448. The van der Waals surface area contributed by atoms with E-state index in [2.05, 4.69) is 37.0 Å². The quantitative estimate of drug-likeness (QED) is 0.837. The largest absolute Gasteiger partial charge is 0.327 e. The van der Waals surface area contributed by atoms with Gasteiger partial charge in [0.15, 0.2) is 4.34 Å². The van der Waals surface area contributed by atoms with Gasteiger partial charge in [0.1, 0.15) is 0 Å². The highest BCUT2D eigenvalue weighted by Crippen LogP contribution is 2.30. The number of hydrogen-bond acceptors (Lipinski definition) is 4. The third kappa shape index (κ3) is 3.21. The zero-order chi connectivity index (χ0) is 12.3. The van der Waals surface area contributed by atoms with Crippen LogP contribution in [0.1, 0.15) is 20.3 Å². The van der Waals surface area contributed by atoms with Crippen LogP contribution in [0.3, 0.4) is 0 Å². The molecule has 0 spiro atoms. The molecule has 0 saturated carbocycles. The average molecular weight is 266 g/mol. The van der Waals surface area contributed by atoms with Crippen molar-refractivity contribution in [2.75, 3.05) is 5.75 Å². The van der Waals surface area contributed by atoms with Crippen LogP contribution in [0.15, 0.2) is 28.6 Å². The molecule has 2 nitrogen and oxygen atoms in total. The van der Waals surface area contributed by atoms with Crippen molar-refractivity contribution >= 4 is 33.3 Å². The summed E-state index contributed by atoms with van der Waals surface area (Å²) in [6.07, 6.45) is 1.14. The molecule has 4 heteroatoms. The predicted molar refractivity (Wildman–Crippen MR) is 77.8 cm³/mol. The maximum absolute atomic E-state index is 6.13. The summed E-state index contributed by atoms with van der Waals surface area (Å²) in [6.45, 7) is 4.40. The van der Waals surface area contributed by atoms with Crippen LogP contribution in [-0.2, 0) is 0 Å². The highest BCUT2D eigenvalue weighted by atomic mass is 32.2. The lowest BCUT2D eigenvalue weighted by Crippen LogP contribution is -2.30. The highest BCUT2D eigenvalue weighted by molar-refractivity contribution is 8.01. The van der Waals surface area contributed by atoms with Gasteiger partial charge in [0.25, 0.3) is 0 Å². The summed E-state index contributed by atoms with van der Waals surface area (Å²) < 4.78 is 2.39. The van der Waals surface area contributed by atoms with Gasteiger partial charge in [-0.1, -0.05) is 44.2 Å². The van der Waals surface area contributed by atoms with E-state index in [9.17, 15) is 0 Å². The molecule has 0 bridgehead atoms. The van der Waals surface area contributed by atoms with Crippen molar-refractivity contribution in [2.24, 2.45) is 11.7 Å². The minimum absolute atomic E-state index is 0.261. The molecule has 2 unspecified atom stereocenters. The van der Waals surface area contributed by atoms with E-state index >= 15 is 0 Å². The molecule has 0 aliphatic rings. The van der Waals surface area contributed by atoms with E-state index in [1.54, 1.807) is 23.1 Å². The molecule has 92 valence electrons. The van der Waals surface area contributed by atoms with Crippen LogP contribution in [0.25, 0.3) is 10.2 Å². The molecule has 2 atom stereocenters. The molecule has 2 N–H and O–H groups in total. The first-order valence-corrected chi connectivity index (χ1v) is 7.75. The number of aromatic nitrogens is 1. The van der Waals surface area contributed by atoms with Gasteiger partial charge in [-0.05, 0) is 18.1 Å². The zero-order valence-electron chi connectivity index (χ0n) is 10.2. The van der Waals surface area contributed by atoms with E-state index in [4.69, 9.17) is 5.73 Å². The van der Waals surface area contributed by atoms with Crippen molar-refractivity contribution < 1.29 is 0 Å². The van der Waals surface area contributed by atoms with Crippen LogP contribution >= 0.6 is 23.1 Å². The first kappa shape index (κ1) is 12.9. The van der Waals surface area contributed by atoms with Crippen LogP contribution in [0.5, 0.6) is 0 Å². The molecular formula is C13H18N2S2. The molecule has 0 radical (unpaired) electrons. The Morgan fingerprint density at radius 3 is 2.88 bits per heavy atom. The summed E-state index contributed by atoms with van der Waals surface area (Å²) in [7, 11) is 0. The van der Waals surface area contributed by atoms with Crippen molar-refractivity contribution in [3.05, 3.63) is 24.3 Å². The first-order valence-electron chi connectivity index (χ1n) is 5.94. The fourth-order valence-corrected chi connectivity index (χ4v) is 3.78. The van der Waals surface area contributed by atoms with Crippen molar-refractivity contribution in [3.63, 3.8) is 0 Å². The average Bonchev–Trinajstić information content (AvgIpc) is 2.77. The van der Waals surface area contributed by atoms with Crippen LogP contribution in [-0.4, -0.2) is 16.8 Å².